The third-order valence-corrected chi connectivity index (χ3v) is 3.88. The van der Waals surface area contributed by atoms with Gasteiger partial charge in [-0.25, -0.2) is 4.98 Å². The minimum Gasteiger partial charge on any atom is -0.345 e. The van der Waals surface area contributed by atoms with Crippen molar-refractivity contribution in [2.24, 2.45) is 0 Å². The Bertz CT molecular complexity index is 767. The zero-order valence-electron chi connectivity index (χ0n) is 13.6. The number of nitrogens with zero attached hydrogens (tertiary/aromatic N) is 3. The second-order valence-corrected chi connectivity index (χ2v) is 5.73. The predicted molar refractivity (Wildman–Crippen MR) is 92.2 cm³/mol. The van der Waals surface area contributed by atoms with Crippen LogP contribution in [0.2, 0.25) is 0 Å². The number of benzene rings is 2. The topological polar surface area (TPSA) is 59.8 Å². The van der Waals surface area contributed by atoms with Crippen molar-refractivity contribution in [1.82, 2.24) is 20.1 Å². The molecule has 3 rings (SSSR count). The van der Waals surface area contributed by atoms with Crippen LogP contribution in [0.4, 0.5) is 0 Å². The van der Waals surface area contributed by atoms with Crippen molar-refractivity contribution in [2.75, 3.05) is 0 Å². The van der Waals surface area contributed by atoms with E-state index < -0.39 is 0 Å². The molecule has 3 aromatic rings. The molecule has 0 aliphatic carbocycles. The van der Waals surface area contributed by atoms with Gasteiger partial charge in [0.25, 0.3) is 0 Å². The number of aromatic nitrogens is 3. The van der Waals surface area contributed by atoms with Crippen LogP contribution in [-0.4, -0.2) is 20.7 Å². The van der Waals surface area contributed by atoms with Crippen LogP contribution in [0.3, 0.4) is 0 Å². The maximum Gasteiger partial charge on any atom is 0.222 e. The Morgan fingerprint density at radius 1 is 1.08 bits per heavy atom. The van der Waals surface area contributed by atoms with E-state index in [4.69, 9.17) is 0 Å². The molecule has 1 N–H and O–H groups in total. The molecule has 24 heavy (non-hydrogen) atoms. The van der Waals surface area contributed by atoms with Gasteiger partial charge in [-0.3, -0.25) is 9.48 Å². The van der Waals surface area contributed by atoms with Gasteiger partial charge in [-0.15, -0.1) is 0 Å². The van der Waals surface area contributed by atoms with E-state index in [2.05, 4.69) is 46.6 Å². The summed E-state index contributed by atoms with van der Waals surface area (Å²) in [5.74, 6) is -0.0140. The molecule has 1 aromatic heterocycles. The van der Waals surface area contributed by atoms with Crippen LogP contribution < -0.4 is 5.32 Å². The number of carbonyl (C=O) groups excluding carboxylic acids is 1. The summed E-state index contributed by atoms with van der Waals surface area (Å²) in [5.41, 5.74) is 3.33. The molecule has 0 unspecified atom stereocenters. The van der Waals surface area contributed by atoms with Crippen LogP contribution in [0, 0.1) is 6.92 Å². The van der Waals surface area contributed by atoms with Gasteiger partial charge in [0.15, 0.2) is 0 Å². The molecule has 0 saturated heterocycles. The minimum absolute atomic E-state index is 0.0140. The van der Waals surface area contributed by atoms with Crippen molar-refractivity contribution in [2.45, 2.75) is 25.9 Å². The third-order valence-electron chi connectivity index (χ3n) is 3.88. The van der Waals surface area contributed by atoms with Crippen molar-refractivity contribution >= 4 is 5.91 Å². The minimum atomic E-state index is -0.157. The molecule has 0 bridgehead atoms. The molecule has 5 heteroatoms. The fourth-order valence-corrected chi connectivity index (χ4v) is 2.56. The Labute approximate surface area is 141 Å². The molecular formula is C19H20N4O. The summed E-state index contributed by atoms with van der Waals surface area (Å²) in [6.07, 6.45) is 3.44. The molecule has 122 valence electrons. The normalized spacial score (nSPS) is 11.9. The van der Waals surface area contributed by atoms with Crippen molar-refractivity contribution in [3.63, 3.8) is 0 Å². The lowest BCUT2D eigenvalue weighted by Crippen LogP contribution is -2.30. The van der Waals surface area contributed by atoms with E-state index in [0.717, 1.165) is 11.1 Å². The number of amides is 1. The fraction of sp³-hybridized carbons (Fsp3) is 0.211. The maximum absolute atomic E-state index is 12.4. The average molecular weight is 320 g/mol. The lowest BCUT2D eigenvalue weighted by molar-refractivity contribution is -0.121. The highest BCUT2D eigenvalue weighted by Gasteiger charge is 2.16. The van der Waals surface area contributed by atoms with Gasteiger partial charge in [-0.1, -0.05) is 60.2 Å². The van der Waals surface area contributed by atoms with Gasteiger partial charge in [-0.2, -0.15) is 5.10 Å². The van der Waals surface area contributed by atoms with Crippen LogP contribution in [-0.2, 0) is 11.3 Å². The lowest BCUT2D eigenvalue weighted by atomic mass is 9.97. The second kappa shape index (κ2) is 7.55. The second-order valence-electron chi connectivity index (χ2n) is 5.73. The molecule has 0 spiro atoms. The summed E-state index contributed by atoms with van der Waals surface area (Å²) in [6.45, 7) is 2.57. The number of carbonyl (C=O) groups is 1. The Hall–Kier alpha value is -2.95. The van der Waals surface area contributed by atoms with Crippen LogP contribution in [0.5, 0.6) is 0 Å². The molecule has 1 heterocycles. The monoisotopic (exact) mass is 320 g/mol. The predicted octanol–water partition coefficient (Wildman–Crippen LogP) is 2.88. The van der Waals surface area contributed by atoms with E-state index in [1.54, 1.807) is 11.0 Å². The van der Waals surface area contributed by atoms with Gasteiger partial charge in [0.2, 0.25) is 5.91 Å². The number of hydrogen-bond donors (Lipinski definition) is 1. The van der Waals surface area contributed by atoms with Crippen molar-refractivity contribution in [3.8, 4) is 0 Å². The van der Waals surface area contributed by atoms with Crippen molar-refractivity contribution < 1.29 is 4.79 Å². The van der Waals surface area contributed by atoms with Gasteiger partial charge in [0.05, 0.1) is 12.6 Å². The first-order chi connectivity index (χ1) is 11.7. The zero-order valence-corrected chi connectivity index (χ0v) is 13.6. The molecular weight excluding hydrogens is 300 g/mol. The van der Waals surface area contributed by atoms with E-state index >= 15 is 0 Å². The maximum atomic E-state index is 12.4. The highest BCUT2D eigenvalue weighted by Crippen LogP contribution is 2.22. The molecule has 0 saturated carbocycles. The van der Waals surface area contributed by atoms with E-state index in [1.807, 2.05) is 30.3 Å². The highest BCUT2D eigenvalue weighted by molar-refractivity contribution is 5.76. The Morgan fingerprint density at radius 3 is 2.46 bits per heavy atom. The summed E-state index contributed by atoms with van der Waals surface area (Å²) in [4.78, 5) is 16.3. The summed E-state index contributed by atoms with van der Waals surface area (Å²) in [5, 5.41) is 7.15. The molecule has 0 aliphatic rings. The summed E-state index contributed by atoms with van der Waals surface area (Å²) >= 11 is 0. The first-order valence-electron chi connectivity index (χ1n) is 7.95. The molecule has 0 fully saturated rings. The average Bonchev–Trinajstić information content (AvgIpc) is 3.13. The van der Waals surface area contributed by atoms with E-state index in [1.165, 1.54) is 11.9 Å². The smallest absolute Gasteiger partial charge is 0.222 e. The third kappa shape index (κ3) is 4.07. The molecule has 5 nitrogen and oxygen atoms in total. The number of rotatable bonds is 6. The van der Waals surface area contributed by atoms with Gasteiger partial charge < -0.3 is 5.32 Å². The van der Waals surface area contributed by atoms with Crippen molar-refractivity contribution in [3.05, 3.63) is 83.9 Å². The lowest BCUT2D eigenvalue weighted by Gasteiger charge is -2.20. The largest absolute Gasteiger partial charge is 0.345 e. The Morgan fingerprint density at radius 2 is 1.79 bits per heavy atom. The van der Waals surface area contributed by atoms with Gasteiger partial charge in [0, 0.05) is 6.42 Å². The van der Waals surface area contributed by atoms with E-state index in [-0.39, 0.29) is 11.9 Å². The van der Waals surface area contributed by atoms with E-state index in [9.17, 15) is 4.79 Å². The molecule has 2 aromatic carbocycles. The Balaban J connectivity index is 1.74. The summed E-state index contributed by atoms with van der Waals surface area (Å²) in [6, 6.07) is 18.1. The first-order valence-corrected chi connectivity index (χ1v) is 7.95. The van der Waals surface area contributed by atoms with Crippen LogP contribution in [0.1, 0.15) is 29.2 Å². The van der Waals surface area contributed by atoms with Gasteiger partial charge in [-0.05, 0) is 18.1 Å². The fourth-order valence-electron chi connectivity index (χ4n) is 2.56. The molecule has 0 aliphatic heterocycles. The van der Waals surface area contributed by atoms with Gasteiger partial charge in [0.1, 0.15) is 12.7 Å². The van der Waals surface area contributed by atoms with Crippen LogP contribution >= 0.6 is 0 Å². The van der Waals surface area contributed by atoms with Crippen molar-refractivity contribution in [1.29, 1.82) is 0 Å². The van der Waals surface area contributed by atoms with Crippen LogP contribution in [0.15, 0.2) is 67.3 Å². The van der Waals surface area contributed by atoms with Gasteiger partial charge >= 0.3 is 0 Å². The standard InChI is InChI=1S/C19H20N4O/c1-15-7-9-17(10-8-15)19(16-5-3-2-4-6-16)22-18(24)11-12-23-14-20-13-21-23/h2-10,13-14,19H,11-12H2,1H3,(H,22,24)/t19-/m0/s1. The van der Waals surface area contributed by atoms with Crippen LogP contribution in [0.25, 0.3) is 0 Å². The Kier molecular flexibility index (Phi) is 5.01. The van der Waals surface area contributed by atoms with E-state index in [0.29, 0.717) is 13.0 Å². The highest BCUT2D eigenvalue weighted by atomic mass is 16.1. The quantitative estimate of drug-likeness (QED) is 0.760. The summed E-state index contributed by atoms with van der Waals surface area (Å²) in [7, 11) is 0. The molecule has 0 radical (unpaired) electrons. The summed E-state index contributed by atoms with van der Waals surface area (Å²) < 4.78 is 1.66. The molecule has 1 atom stereocenters. The zero-order chi connectivity index (χ0) is 16.8. The first kappa shape index (κ1) is 15.9. The SMILES string of the molecule is Cc1ccc([C@@H](NC(=O)CCn2cncn2)c2ccccc2)cc1. The molecule has 1 amide bonds. The number of aryl methyl sites for hydroxylation is 2. The number of nitrogens with one attached hydrogen (secondary N) is 1. The number of hydrogen-bond acceptors (Lipinski definition) is 3.